The first-order valence-electron chi connectivity index (χ1n) is 3.62. The minimum absolute atomic E-state index is 0.452. The fourth-order valence-corrected chi connectivity index (χ4v) is 1.59. The van der Waals surface area contributed by atoms with Gasteiger partial charge < -0.3 is 4.90 Å². The van der Waals surface area contributed by atoms with Crippen LogP contribution < -0.4 is 5.32 Å². The molecule has 1 N–H and O–H groups in total. The van der Waals surface area contributed by atoms with Crippen LogP contribution in [0.25, 0.3) is 0 Å². The van der Waals surface area contributed by atoms with E-state index in [1.165, 1.54) is 18.8 Å². The summed E-state index contributed by atoms with van der Waals surface area (Å²) >= 11 is 1.21. The van der Waals surface area contributed by atoms with Crippen LogP contribution in [0.1, 0.15) is 6.92 Å². The van der Waals surface area contributed by atoms with Crippen molar-refractivity contribution in [2.24, 2.45) is 0 Å². The summed E-state index contributed by atoms with van der Waals surface area (Å²) in [5.41, 5.74) is 0. The van der Waals surface area contributed by atoms with Crippen LogP contribution in [-0.2, 0) is 14.4 Å². The number of carbonyl (C=O) groups is 3. The third kappa shape index (κ3) is 1.31. The van der Waals surface area contributed by atoms with Crippen LogP contribution in [0.2, 0.25) is 0 Å². The van der Waals surface area contributed by atoms with Crippen molar-refractivity contribution < 1.29 is 14.4 Å². The van der Waals surface area contributed by atoms with E-state index in [1.807, 2.05) is 5.32 Å². The second-order valence-electron chi connectivity index (χ2n) is 2.83. The third-order valence-corrected chi connectivity index (χ3v) is 3.44. The molecule has 6 heteroatoms. The number of nitrogens with zero attached hydrogens (tertiary/aromatic N) is 1. The van der Waals surface area contributed by atoms with Gasteiger partial charge in [0.05, 0.1) is 0 Å². The lowest BCUT2D eigenvalue weighted by molar-refractivity contribution is -0.156. The second-order valence-corrected chi connectivity index (χ2v) is 4.04. The Morgan fingerprint density at radius 2 is 1.92 bits per heavy atom. The zero-order valence-electron chi connectivity index (χ0n) is 7.58. The highest BCUT2D eigenvalue weighted by atomic mass is 32.2. The van der Waals surface area contributed by atoms with Crippen LogP contribution in [-0.4, -0.2) is 40.8 Å². The van der Waals surface area contributed by atoms with Gasteiger partial charge in [0.25, 0.3) is 5.91 Å². The van der Waals surface area contributed by atoms with Gasteiger partial charge in [-0.05, 0) is 13.2 Å². The monoisotopic (exact) mass is 202 g/mol. The van der Waals surface area contributed by atoms with E-state index in [9.17, 15) is 14.4 Å². The van der Waals surface area contributed by atoms with Crippen molar-refractivity contribution in [3.8, 4) is 0 Å². The van der Waals surface area contributed by atoms with E-state index >= 15 is 0 Å². The van der Waals surface area contributed by atoms with Gasteiger partial charge in [0.15, 0.2) is 4.87 Å². The van der Waals surface area contributed by atoms with Crippen molar-refractivity contribution in [2.75, 3.05) is 13.3 Å². The maximum absolute atomic E-state index is 11.4. The van der Waals surface area contributed by atoms with Crippen LogP contribution in [0.3, 0.4) is 0 Å². The molecule has 0 aromatic heterocycles. The molecule has 1 aliphatic heterocycles. The van der Waals surface area contributed by atoms with E-state index in [0.717, 1.165) is 4.90 Å². The minimum Gasteiger partial charge on any atom is -0.314 e. The standard InChI is InChI=1S/C7H10N2O3S/c1-7(13-3)6(12)8-4(10)5(11)9(7)2/h1-3H3,(H,8,10,12)/t7-/m0/s1. The summed E-state index contributed by atoms with van der Waals surface area (Å²) in [6.07, 6.45) is 1.71. The van der Waals surface area contributed by atoms with Gasteiger partial charge in [0, 0.05) is 7.05 Å². The second kappa shape index (κ2) is 3.02. The molecular weight excluding hydrogens is 192 g/mol. The molecule has 0 saturated carbocycles. The van der Waals surface area contributed by atoms with Gasteiger partial charge in [-0.2, -0.15) is 0 Å². The number of likely N-dealkylation sites (N-methyl/N-ethyl adjacent to an activating group) is 1. The highest BCUT2D eigenvalue weighted by Crippen LogP contribution is 2.28. The van der Waals surface area contributed by atoms with Gasteiger partial charge in [-0.3, -0.25) is 19.7 Å². The van der Waals surface area contributed by atoms with Crippen molar-refractivity contribution >= 4 is 29.5 Å². The predicted molar refractivity (Wildman–Crippen MR) is 47.8 cm³/mol. The van der Waals surface area contributed by atoms with Crippen LogP contribution in [0, 0.1) is 0 Å². The summed E-state index contributed by atoms with van der Waals surface area (Å²) in [5, 5.41) is 2.01. The number of hydrogen-bond donors (Lipinski definition) is 1. The fraction of sp³-hybridized carbons (Fsp3) is 0.571. The molecule has 0 spiro atoms. The lowest BCUT2D eigenvalue weighted by Gasteiger charge is -2.38. The number of piperazine rings is 1. The molecule has 72 valence electrons. The largest absolute Gasteiger partial charge is 0.316 e. The van der Waals surface area contributed by atoms with E-state index in [4.69, 9.17) is 0 Å². The normalized spacial score (nSPS) is 29.2. The Hall–Kier alpha value is -1.04. The van der Waals surface area contributed by atoms with Gasteiger partial charge in [-0.15, -0.1) is 11.8 Å². The van der Waals surface area contributed by atoms with Crippen LogP contribution >= 0.6 is 11.8 Å². The first-order valence-corrected chi connectivity index (χ1v) is 4.84. The molecule has 3 amide bonds. The van der Waals surface area contributed by atoms with Crippen LogP contribution in [0.4, 0.5) is 0 Å². The smallest absolute Gasteiger partial charge is 0.314 e. The Labute approximate surface area is 79.8 Å². The Morgan fingerprint density at radius 3 is 2.38 bits per heavy atom. The minimum atomic E-state index is -0.981. The van der Waals surface area contributed by atoms with Crippen LogP contribution in [0.5, 0.6) is 0 Å². The van der Waals surface area contributed by atoms with Gasteiger partial charge in [0.2, 0.25) is 0 Å². The molecule has 0 unspecified atom stereocenters. The van der Waals surface area contributed by atoms with E-state index in [1.54, 1.807) is 13.2 Å². The molecule has 0 aromatic carbocycles. The molecular formula is C7H10N2O3S. The van der Waals surface area contributed by atoms with E-state index in [2.05, 4.69) is 0 Å². The SMILES string of the molecule is CS[C@@]1(C)C(=O)NC(=O)C(=O)N1C. The Bertz CT molecular complexity index is 291. The Morgan fingerprint density at radius 1 is 1.38 bits per heavy atom. The summed E-state index contributed by atoms with van der Waals surface area (Å²) in [6.45, 7) is 1.59. The van der Waals surface area contributed by atoms with E-state index in [-0.39, 0.29) is 0 Å². The van der Waals surface area contributed by atoms with Crippen LogP contribution in [0.15, 0.2) is 0 Å². The molecule has 0 aliphatic carbocycles. The molecule has 1 saturated heterocycles. The average molecular weight is 202 g/mol. The quantitative estimate of drug-likeness (QED) is 0.445. The lowest BCUT2D eigenvalue weighted by Crippen LogP contribution is -2.65. The highest BCUT2D eigenvalue weighted by molar-refractivity contribution is 8.00. The summed E-state index contributed by atoms with van der Waals surface area (Å²) in [6, 6.07) is 0. The van der Waals surface area contributed by atoms with Crippen molar-refractivity contribution in [3.05, 3.63) is 0 Å². The molecule has 1 atom stereocenters. The summed E-state index contributed by atoms with van der Waals surface area (Å²) in [7, 11) is 1.44. The Balaban J connectivity index is 3.06. The van der Waals surface area contributed by atoms with Gasteiger partial charge in [-0.25, -0.2) is 0 Å². The van der Waals surface area contributed by atoms with Crippen molar-refractivity contribution in [2.45, 2.75) is 11.8 Å². The zero-order chi connectivity index (χ0) is 10.2. The molecule has 1 aliphatic rings. The lowest BCUT2D eigenvalue weighted by atomic mass is 10.2. The molecule has 1 heterocycles. The number of rotatable bonds is 1. The highest BCUT2D eigenvalue weighted by Gasteiger charge is 2.46. The van der Waals surface area contributed by atoms with Crippen molar-refractivity contribution in [3.63, 3.8) is 0 Å². The maximum atomic E-state index is 11.4. The van der Waals surface area contributed by atoms with E-state index < -0.39 is 22.6 Å². The topological polar surface area (TPSA) is 66.5 Å². The first kappa shape index (κ1) is 10.0. The van der Waals surface area contributed by atoms with Crippen molar-refractivity contribution in [1.82, 2.24) is 10.2 Å². The summed E-state index contributed by atoms with van der Waals surface area (Å²) in [4.78, 5) is 33.6. The first-order chi connectivity index (χ1) is 5.93. The third-order valence-electron chi connectivity index (χ3n) is 2.18. The molecule has 5 nitrogen and oxygen atoms in total. The van der Waals surface area contributed by atoms with E-state index in [0.29, 0.717) is 0 Å². The summed E-state index contributed by atoms with van der Waals surface area (Å²) in [5.74, 6) is -2.00. The molecule has 1 fully saturated rings. The van der Waals surface area contributed by atoms with Gasteiger partial charge in [0.1, 0.15) is 0 Å². The average Bonchev–Trinajstić information content (AvgIpc) is 2.11. The Kier molecular flexibility index (Phi) is 2.34. The summed E-state index contributed by atoms with van der Waals surface area (Å²) < 4.78 is 0. The number of thioether (sulfide) groups is 1. The number of amides is 3. The molecule has 0 bridgehead atoms. The molecule has 0 radical (unpaired) electrons. The maximum Gasteiger partial charge on any atom is 0.316 e. The zero-order valence-corrected chi connectivity index (χ0v) is 8.40. The number of nitrogens with one attached hydrogen (secondary N) is 1. The predicted octanol–water partition coefficient (Wildman–Crippen LogP) is -0.820. The fourth-order valence-electron chi connectivity index (χ4n) is 1.00. The number of hydrogen-bond acceptors (Lipinski definition) is 4. The van der Waals surface area contributed by atoms with Gasteiger partial charge >= 0.3 is 11.8 Å². The number of imide groups is 1. The molecule has 1 rings (SSSR count). The molecule has 13 heavy (non-hydrogen) atoms. The van der Waals surface area contributed by atoms with Crippen molar-refractivity contribution in [1.29, 1.82) is 0 Å². The number of carbonyl (C=O) groups excluding carboxylic acids is 3. The van der Waals surface area contributed by atoms with Gasteiger partial charge in [-0.1, -0.05) is 0 Å². The molecule has 0 aromatic rings.